The fourth-order valence-electron chi connectivity index (χ4n) is 1.88. The molecule has 25 heavy (non-hydrogen) atoms. The molecule has 12 heteroatoms. The number of non-ortho nitro benzene ring substituents is 1. The van der Waals surface area contributed by atoms with Crippen molar-refractivity contribution in [2.45, 2.75) is 12.5 Å². The molecule has 11 nitrogen and oxygen atoms in total. The molecule has 0 aliphatic rings. The number of nitrogens with one attached hydrogen (secondary N) is 2. The molecule has 3 N–H and O–H groups in total. The lowest BCUT2D eigenvalue weighted by Crippen LogP contribution is -2.42. The Labute approximate surface area is 146 Å². The second kappa shape index (κ2) is 9.42. The van der Waals surface area contributed by atoms with Crippen LogP contribution in [-0.4, -0.2) is 51.4 Å². The van der Waals surface area contributed by atoms with Crippen LogP contribution in [0.1, 0.15) is 6.42 Å². The fourth-order valence-corrected chi connectivity index (χ4v) is 2.36. The largest absolute Gasteiger partial charge is 0.480 e. The van der Waals surface area contributed by atoms with Gasteiger partial charge in [-0.25, -0.2) is 0 Å². The molecule has 0 aromatic heterocycles. The zero-order valence-corrected chi connectivity index (χ0v) is 13.9. The summed E-state index contributed by atoms with van der Waals surface area (Å²) in [6.45, 7) is -0.585. The van der Waals surface area contributed by atoms with Crippen molar-refractivity contribution >= 4 is 40.7 Å². The van der Waals surface area contributed by atoms with Gasteiger partial charge in [0, 0.05) is 6.07 Å². The van der Waals surface area contributed by atoms with Crippen LogP contribution in [0.15, 0.2) is 18.2 Å². The summed E-state index contributed by atoms with van der Waals surface area (Å²) in [6.07, 6.45) is 2.08. The number of anilines is 1. The van der Waals surface area contributed by atoms with Gasteiger partial charge in [0.1, 0.15) is 18.3 Å². The zero-order valence-electron chi connectivity index (χ0n) is 13.1. The summed E-state index contributed by atoms with van der Waals surface area (Å²) >= 11 is 1.44. The number of thioether (sulfide) groups is 1. The van der Waals surface area contributed by atoms with Gasteiger partial charge < -0.3 is 15.7 Å². The second-order valence-corrected chi connectivity index (χ2v) is 5.79. The van der Waals surface area contributed by atoms with Crippen molar-refractivity contribution in [2.24, 2.45) is 0 Å². The highest BCUT2D eigenvalue weighted by molar-refractivity contribution is 7.98. The maximum atomic E-state index is 12.1. The van der Waals surface area contributed by atoms with Gasteiger partial charge in [-0.3, -0.25) is 29.8 Å². The summed E-state index contributed by atoms with van der Waals surface area (Å²) < 4.78 is 0. The van der Waals surface area contributed by atoms with E-state index in [-0.39, 0.29) is 12.1 Å². The van der Waals surface area contributed by atoms with Crippen molar-refractivity contribution in [1.29, 1.82) is 0 Å². The summed E-state index contributed by atoms with van der Waals surface area (Å²) in [6, 6.07) is 2.10. The van der Waals surface area contributed by atoms with Crippen LogP contribution in [0.2, 0.25) is 0 Å². The fraction of sp³-hybridized carbons (Fsp3) is 0.385. The SMILES string of the molecule is CSCC[C@H](Nc1ccc([N+](=O)[O-])cc1[N+](=O)[O-])C(=O)NCC(=O)O. The highest BCUT2D eigenvalue weighted by Gasteiger charge is 2.24. The van der Waals surface area contributed by atoms with E-state index in [0.29, 0.717) is 5.75 Å². The standard InChI is InChI=1S/C13H16N4O7S/c1-25-5-4-10(13(20)14-7-12(18)19)15-9-3-2-8(16(21)22)6-11(9)17(23)24/h2-3,6,10,15H,4-5,7H2,1H3,(H,14,20)(H,18,19)/t10-/m0/s1. The molecule has 0 aliphatic heterocycles. The number of nitro benzene ring substituents is 2. The monoisotopic (exact) mass is 372 g/mol. The first-order valence-electron chi connectivity index (χ1n) is 6.94. The molecule has 0 radical (unpaired) electrons. The van der Waals surface area contributed by atoms with Crippen molar-refractivity contribution in [1.82, 2.24) is 5.32 Å². The maximum Gasteiger partial charge on any atom is 0.322 e. The number of benzene rings is 1. The highest BCUT2D eigenvalue weighted by Crippen LogP contribution is 2.29. The Hall–Kier alpha value is -2.89. The van der Waals surface area contributed by atoms with Crippen molar-refractivity contribution < 1.29 is 24.5 Å². The third-order valence-corrected chi connectivity index (χ3v) is 3.70. The minimum absolute atomic E-state index is 0.0628. The van der Waals surface area contributed by atoms with Gasteiger partial charge in [-0.1, -0.05) is 0 Å². The van der Waals surface area contributed by atoms with Gasteiger partial charge in [-0.15, -0.1) is 0 Å². The minimum atomic E-state index is -1.22. The van der Waals surface area contributed by atoms with E-state index in [1.807, 2.05) is 0 Å². The topological polar surface area (TPSA) is 165 Å². The third-order valence-electron chi connectivity index (χ3n) is 3.06. The molecule has 0 spiro atoms. The molecule has 136 valence electrons. The Balaban J connectivity index is 3.05. The molecule has 0 bridgehead atoms. The number of nitro groups is 2. The van der Waals surface area contributed by atoms with Gasteiger partial charge in [-0.05, 0) is 24.5 Å². The minimum Gasteiger partial charge on any atom is -0.480 e. The Morgan fingerprint density at radius 3 is 2.48 bits per heavy atom. The summed E-state index contributed by atoms with van der Waals surface area (Å²) in [7, 11) is 0. The van der Waals surface area contributed by atoms with E-state index in [9.17, 15) is 29.8 Å². The van der Waals surface area contributed by atoms with Gasteiger partial charge in [0.15, 0.2) is 0 Å². The van der Waals surface area contributed by atoms with E-state index in [1.165, 1.54) is 11.8 Å². The number of hydrogen-bond acceptors (Lipinski definition) is 8. The van der Waals surface area contributed by atoms with E-state index in [1.54, 1.807) is 6.26 Å². The van der Waals surface area contributed by atoms with Crippen molar-refractivity contribution in [3.8, 4) is 0 Å². The van der Waals surface area contributed by atoms with E-state index >= 15 is 0 Å². The zero-order chi connectivity index (χ0) is 19.0. The Bertz CT molecular complexity index is 682. The first-order valence-corrected chi connectivity index (χ1v) is 8.33. The summed E-state index contributed by atoms with van der Waals surface area (Å²) in [5.74, 6) is -1.32. The van der Waals surface area contributed by atoms with Crippen LogP contribution in [0.25, 0.3) is 0 Å². The molecule has 0 unspecified atom stereocenters. The number of nitrogens with zero attached hydrogens (tertiary/aromatic N) is 2. The quantitative estimate of drug-likeness (QED) is 0.404. The predicted molar refractivity (Wildman–Crippen MR) is 90.8 cm³/mol. The highest BCUT2D eigenvalue weighted by atomic mass is 32.2. The van der Waals surface area contributed by atoms with Crippen LogP contribution in [-0.2, 0) is 9.59 Å². The van der Waals surface area contributed by atoms with E-state index in [2.05, 4.69) is 10.6 Å². The molecule has 0 heterocycles. The number of rotatable bonds is 10. The predicted octanol–water partition coefficient (Wildman–Crippen LogP) is 1.24. The molecular formula is C13H16N4O7S. The van der Waals surface area contributed by atoms with Crippen LogP contribution >= 0.6 is 11.8 Å². The van der Waals surface area contributed by atoms with Crippen LogP contribution in [0, 0.1) is 20.2 Å². The lowest BCUT2D eigenvalue weighted by molar-refractivity contribution is -0.393. The number of carboxylic acid groups (broad SMARTS) is 1. The summed E-state index contributed by atoms with van der Waals surface area (Å²) in [5, 5.41) is 35.4. The van der Waals surface area contributed by atoms with Crippen LogP contribution in [0.4, 0.5) is 17.1 Å². The summed E-state index contributed by atoms with van der Waals surface area (Å²) in [5.41, 5.74) is -1.06. The lowest BCUT2D eigenvalue weighted by Gasteiger charge is -2.18. The number of hydrogen-bond donors (Lipinski definition) is 3. The number of carbonyl (C=O) groups is 2. The molecule has 0 saturated carbocycles. The second-order valence-electron chi connectivity index (χ2n) is 4.81. The van der Waals surface area contributed by atoms with Gasteiger partial charge in [0.05, 0.1) is 15.9 Å². The van der Waals surface area contributed by atoms with Gasteiger partial charge in [0.25, 0.3) is 11.4 Å². The Kier molecular flexibility index (Phi) is 7.59. The first kappa shape index (κ1) is 20.2. The Morgan fingerprint density at radius 1 is 1.28 bits per heavy atom. The van der Waals surface area contributed by atoms with Crippen molar-refractivity contribution in [3.63, 3.8) is 0 Å². The van der Waals surface area contributed by atoms with E-state index < -0.39 is 45.7 Å². The number of amides is 1. The normalized spacial score (nSPS) is 11.4. The van der Waals surface area contributed by atoms with Gasteiger partial charge in [-0.2, -0.15) is 11.8 Å². The van der Waals surface area contributed by atoms with Crippen LogP contribution < -0.4 is 10.6 Å². The molecule has 0 aliphatic carbocycles. The molecular weight excluding hydrogens is 356 g/mol. The van der Waals surface area contributed by atoms with Gasteiger partial charge in [0.2, 0.25) is 5.91 Å². The number of carboxylic acids is 1. The van der Waals surface area contributed by atoms with Crippen LogP contribution in [0.5, 0.6) is 0 Å². The van der Waals surface area contributed by atoms with Crippen LogP contribution in [0.3, 0.4) is 0 Å². The molecule has 0 fully saturated rings. The summed E-state index contributed by atoms with van der Waals surface area (Å²) in [4.78, 5) is 43.0. The number of aliphatic carboxylic acids is 1. The average molecular weight is 372 g/mol. The molecule has 1 aromatic carbocycles. The average Bonchev–Trinajstić information content (AvgIpc) is 2.56. The lowest BCUT2D eigenvalue weighted by atomic mass is 10.1. The molecule has 1 amide bonds. The third kappa shape index (κ3) is 6.25. The number of carbonyl (C=O) groups excluding carboxylic acids is 1. The molecule has 1 rings (SSSR count). The van der Waals surface area contributed by atoms with Crippen molar-refractivity contribution in [2.75, 3.05) is 23.9 Å². The smallest absolute Gasteiger partial charge is 0.322 e. The van der Waals surface area contributed by atoms with E-state index in [0.717, 1.165) is 18.2 Å². The Morgan fingerprint density at radius 2 is 1.96 bits per heavy atom. The maximum absolute atomic E-state index is 12.1. The van der Waals surface area contributed by atoms with Gasteiger partial charge >= 0.3 is 5.97 Å². The van der Waals surface area contributed by atoms with Crippen molar-refractivity contribution in [3.05, 3.63) is 38.4 Å². The molecule has 1 aromatic rings. The molecule has 1 atom stereocenters. The first-order chi connectivity index (χ1) is 11.8. The molecule has 0 saturated heterocycles. The van der Waals surface area contributed by atoms with E-state index in [4.69, 9.17) is 5.11 Å².